The molecule has 24 heavy (non-hydrogen) atoms. The molecule has 0 atom stereocenters. The Hall–Kier alpha value is -2.11. The average Bonchev–Trinajstić information content (AvgIpc) is 2.92. The van der Waals surface area contributed by atoms with Crippen LogP contribution in [-0.2, 0) is 16.0 Å². The van der Waals surface area contributed by atoms with Crippen LogP contribution in [0.3, 0.4) is 0 Å². The molecule has 4 nitrogen and oxygen atoms in total. The molecular formula is C18H13BrClNO3. The molecule has 0 aromatic heterocycles. The van der Waals surface area contributed by atoms with E-state index in [-0.39, 0.29) is 17.3 Å². The average molecular weight is 407 g/mol. The molecule has 0 spiro atoms. The minimum Gasteiger partial charge on any atom is -0.507 e. The van der Waals surface area contributed by atoms with Gasteiger partial charge in [0.15, 0.2) is 5.70 Å². The maximum atomic E-state index is 12.1. The maximum absolute atomic E-state index is 12.1. The number of cyclic esters (lactones) is 1. The van der Waals surface area contributed by atoms with Crippen molar-refractivity contribution < 1.29 is 14.6 Å². The van der Waals surface area contributed by atoms with Crippen LogP contribution in [-0.4, -0.2) is 17.0 Å². The molecule has 1 N–H and O–H groups in total. The van der Waals surface area contributed by atoms with Crippen LogP contribution in [0.5, 0.6) is 5.75 Å². The summed E-state index contributed by atoms with van der Waals surface area (Å²) >= 11 is 9.44. The molecule has 2 aromatic rings. The summed E-state index contributed by atoms with van der Waals surface area (Å²) in [6.45, 7) is 1.99. The van der Waals surface area contributed by atoms with Gasteiger partial charge in [-0.05, 0) is 54.5 Å². The topological polar surface area (TPSA) is 58.9 Å². The van der Waals surface area contributed by atoms with Gasteiger partial charge in [0.2, 0.25) is 5.90 Å². The molecule has 0 fully saturated rings. The van der Waals surface area contributed by atoms with E-state index in [0.717, 1.165) is 16.5 Å². The molecule has 0 amide bonds. The SMILES string of the molecule is CCc1cc(C2=N/C(=C\c3cc(Br)ccc3O)C(=O)O2)ccc1Cl. The van der Waals surface area contributed by atoms with Gasteiger partial charge in [-0.2, -0.15) is 0 Å². The summed E-state index contributed by atoms with van der Waals surface area (Å²) in [6.07, 6.45) is 2.26. The van der Waals surface area contributed by atoms with E-state index in [9.17, 15) is 9.90 Å². The third-order valence-corrected chi connectivity index (χ3v) is 4.44. The molecule has 0 bridgehead atoms. The van der Waals surface area contributed by atoms with Crippen molar-refractivity contribution in [3.8, 4) is 5.75 Å². The number of hydrogen-bond donors (Lipinski definition) is 1. The van der Waals surface area contributed by atoms with Crippen molar-refractivity contribution in [3.63, 3.8) is 0 Å². The molecule has 6 heteroatoms. The lowest BCUT2D eigenvalue weighted by Crippen LogP contribution is -2.05. The number of carbonyl (C=O) groups excluding carboxylic acids is 1. The summed E-state index contributed by atoms with van der Waals surface area (Å²) in [5.41, 5.74) is 2.25. The standard InChI is InChI=1S/C18H13BrClNO3/c1-2-10-7-11(3-5-14(10)20)17-21-15(18(23)24-17)9-12-8-13(19)4-6-16(12)22/h3-9,22H,2H2,1H3/b15-9-. The molecule has 0 aliphatic carbocycles. The fourth-order valence-electron chi connectivity index (χ4n) is 2.30. The van der Waals surface area contributed by atoms with Gasteiger partial charge < -0.3 is 9.84 Å². The van der Waals surface area contributed by atoms with Crippen LogP contribution < -0.4 is 0 Å². The first-order valence-electron chi connectivity index (χ1n) is 7.28. The lowest BCUT2D eigenvalue weighted by Gasteiger charge is -2.04. The molecule has 2 aromatic carbocycles. The van der Waals surface area contributed by atoms with E-state index in [0.29, 0.717) is 16.1 Å². The molecule has 122 valence electrons. The first-order valence-corrected chi connectivity index (χ1v) is 8.45. The summed E-state index contributed by atoms with van der Waals surface area (Å²) in [5, 5.41) is 10.6. The minimum atomic E-state index is -0.558. The number of aromatic hydroxyl groups is 1. The number of halogens is 2. The van der Waals surface area contributed by atoms with Gasteiger partial charge in [0.25, 0.3) is 0 Å². The lowest BCUT2D eigenvalue weighted by atomic mass is 10.1. The highest BCUT2D eigenvalue weighted by atomic mass is 79.9. The number of benzene rings is 2. The van der Waals surface area contributed by atoms with Gasteiger partial charge in [0.05, 0.1) is 0 Å². The highest BCUT2D eigenvalue weighted by Gasteiger charge is 2.25. The van der Waals surface area contributed by atoms with Gasteiger partial charge in [-0.3, -0.25) is 0 Å². The van der Waals surface area contributed by atoms with E-state index in [1.54, 1.807) is 24.3 Å². The van der Waals surface area contributed by atoms with Gasteiger partial charge in [-0.15, -0.1) is 0 Å². The van der Waals surface area contributed by atoms with E-state index in [4.69, 9.17) is 16.3 Å². The maximum Gasteiger partial charge on any atom is 0.363 e. The second-order valence-corrected chi connectivity index (χ2v) is 6.52. The van der Waals surface area contributed by atoms with Crippen LogP contribution in [0.2, 0.25) is 5.02 Å². The van der Waals surface area contributed by atoms with Crippen molar-refractivity contribution in [2.45, 2.75) is 13.3 Å². The molecule has 1 heterocycles. The van der Waals surface area contributed by atoms with E-state index in [1.807, 2.05) is 13.0 Å². The van der Waals surface area contributed by atoms with Crippen molar-refractivity contribution >= 4 is 45.5 Å². The molecule has 0 unspecified atom stereocenters. The number of hydrogen-bond acceptors (Lipinski definition) is 4. The van der Waals surface area contributed by atoms with Gasteiger partial charge in [-0.25, -0.2) is 9.79 Å². The lowest BCUT2D eigenvalue weighted by molar-refractivity contribution is -0.129. The number of rotatable bonds is 3. The summed E-state index contributed by atoms with van der Waals surface area (Å²) in [7, 11) is 0. The Morgan fingerprint density at radius 1 is 1.29 bits per heavy atom. The quantitative estimate of drug-likeness (QED) is 0.593. The van der Waals surface area contributed by atoms with E-state index >= 15 is 0 Å². The third kappa shape index (κ3) is 3.37. The number of phenolic OH excluding ortho intramolecular Hbond substituents is 1. The molecule has 1 aliphatic heterocycles. The van der Waals surface area contributed by atoms with Crippen molar-refractivity contribution in [2.24, 2.45) is 4.99 Å². The number of carbonyl (C=O) groups is 1. The Morgan fingerprint density at radius 3 is 2.83 bits per heavy atom. The highest BCUT2D eigenvalue weighted by Crippen LogP contribution is 2.27. The number of ether oxygens (including phenoxy) is 1. The molecule has 0 saturated carbocycles. The van der Waals surface area contributed by atoms with Crippen LogP contribution in [0.15, 0.2) is 51.6 Å². The van der Waals surface area contributed by atoms with E-state index in [2.05, 4.69) is 20.9 Å². The summed E-state index contributed by atoms with van der Waals surface area (Å²) < 4.78 is 6.03. The van der Waals surface area contributed by atoms with Gasteiger partial charge in [-0.1, -0.05) is 34.5 Å². The molecular weight excluding hydrogens is 394 g/mol. The van der Waals surface area contributed by atoms with Gasteiger partial charge >= 0.3 is 5.97 Å². The minimum absolute atomic E-state index is 0.0573. The van der Waals surface area contributed by atoms with Crippen molar-refractivity contribution in [1.82, 2.24) is 0 Å². The summed E-state index contributed by atoms with van der Waals surface area (Å²) in [5.74, 6) is -0.272. The van der Waals surface area contributed by atoms with Crippen molar-refractivity contribution in [2.75, 3.05) is 0 Å². The number of phenols is 1. The Kier molecular flexibility index (Phi) is 4.73. The predicted molar refractivity (Wildman–Crippen MR) is 97.2 cm³/mol. The monoisotopic (exact) mass is 405 g/mol. The smallest absolute Gasteiger partial charge is 0.363 e. The molecule has 0 saturated heterocycles. The van der Waals surface area contributed by atoms with Gasteiger partial charge in [0.1, 0.15) is 5.75 Å². The number of aryl methyl sites for hydroxylation is 1. The van der Waals surface area contributed by atoms with E-state index < -0.39 is 5.97 Å². The third-order valence-electron chi connectivity index (χ3n) is 3.58. The first kappa shape index (κ1) is 16.7. The van der Waals surface area contributed by atoms with Crippen molar-refractivity contribution in [3.05, 3.63) is 68.3 Å². The normalized spacial score (nSPS) is 15.5. The fourth-order valence-corrected chi connectivity index (χ4v) is 2.93. The fraction of sp³-hybridized carbons (Fsp3) is 0.111. The van der Waals surface area contributed by atoms with Crippen molar-refractivity contribution in [1.29, 1.82) is 0 Å². The number of esters is 1. The Morgan fingerprint density at radius 2 is 2.08 bits per heavy atom. The van der Waals surface area contributed by atoms with Gasteiger partial charge in [0, 0.05) is 20.6 Å². The van der Waals surface area contributed by atoms with Crippen LogP contribution in [0.1, 0.15) is 23.6 Å². The highest BCUT2D eigenvalue weighted by molar-refractivity contribution is 9.10. The van der Waals surface area contributed by atoms with Crippen LogP contribution in [0.4, 0.5) is 0 Å². The zero-order valence-electron chi connectivity index (χ0n) is 12.7. The zero-order valence-corrected chi connectivity index (χ0v) is 15.1. The van der Waals surface area contributed by atoms with Crippen LogP contribution in [0.25, 0.3) is 6.08 Å². The van der Waals surface area contributed by atoms with E-state index in [1.165, 1.54) is 12.1 Å². The zero-order chi connectivity index (χ0) is 17.3. The number of aliphatic imine (C=N–C) groups is 1. The Balaban J connectivity index is 1.99. The summed E-state index contributed by atoms with van der Waals surface area (Å²) in [4.78, 5) is 16.3. The largest absolute Gasteiger partial charge is 0.507 e. The molecule has 3 rings (SSSR count). The van der Waals surface area contributed by atoms with Crippen LogP contribution >= 0.6 is 27.5 Å². The second-order valence-electron chi connectivity index (χ2n) is 5.20. The Labute approximate surface area is 152 Å². The predicted octanol–water partition coefficient (Wildman–Crippen LogP) is 4.72. The Bertz CT molecular complexity index is 890. The molecule has 0 radical (unpaired) electrons. The number of nitrogens with zero attached hydrogens (tertiary/aromatic N) is 1. The first-order chi connectivity index (χ1) is 11.5. The summed E-state index contributed by atoms with van der Waals surface area (Å²) in [6, 6.07) is 10.3. The molecule has 1 aliphatic rings. The van der Waals surface area contributed by atoms with Crippen LogP contribution in [0, 0.1) is 0 Å². The second kappa shape index (κ2) is 6.79.